The average Bonchev–Trinajstić information content (AvgIpc) is 2.72. The van der Waals surface area contributed by atoms with E-state index in [9.17, 15) is 10.1 Å². The molecule has 0 saturated carbocycles. The molecule has 5 heteroatoms. The van der Waals surface area contributed by atoms with Gasteiger partial charge in [0.25, 0.3) is 0 Å². The van der Waals surface area contributed by atoms with Crippen LogP contribution in [0.15, 0.2) is 72.8 Å². The van der Waals surface area contributed by atoms with Crippen molar-refractivity contribution >= 4 is 29.2 Å². The lowest BCUT2D eigenvalue weighted by molar-refractivity contribution is 0.0697. The van der Waals surface area contributed by atoms with Gasteiger partial charge in [0.15, 0.2) is 0 Å². The summed E-state index contributed by atoms with van der Waals surface area (Å²) in [6.07, 6.45) is 1.72. The second kappa shape index (κ2) is 8.90. The molecule has 1 N–H and O–H groups in total. The minimum Gasteiger partial charge on any atom is -0.488 e. The molecule has 0 unspecified atom stereocenters. The normalized spacial score (nSPS) is 10.9. The number of carbonyl (C=O) groups is 1. The molecule has 0 radical (unpaired) electrons. The SMILES string of the molecule is N#CC(=Cc1ccccc1OCc1ccccc1Cl)c1ccc(C(=O)O)cc1. The molecule has 3 aromatic rings. The predicted octanol–water partition coefficient (Wildman–Crippen LogP) is 5.68. The summed E-state index contributed by atoms with van der Waals surface area (Å²) in [5.41, 5.74) is 2.82. The molecule has 0 aliphatic rings. The molecule has 0 aromatic heterocycles. The Balaban J connectivity index is 1.87. The van der Waals surface area contributed by atoms with E-state index in [0.717, 1.165) is 11.1 Å². The number of allylic oxidation sites excluding steroid dienone is 1. The number of nitrogens with zero attached hydrogens (tertiary/aromatic N) is 1. The molecule has 0 atom stereocenters. The smallest absolute Gasteiger partial charge is 0.335 e. The Bertz CT molecular complexity index is 1070. The number of para-hydroxylation sites is 1. The topological polar surface area (TPSA) is 70.3 Å². The quantitative estimate of drug-likeness (QED) is 0.434. The van der Waals surface area contributed by atoms with E-state index in [1.807, 2.05) is 42.5 Å². The molecule has 0 saturated heterocycles. The van der Waals surface area contributed by atoms with Gasteiger partial charge in [-0.25, -0.2) is 4.79 Å². The number of halogens is 1. The van der Waals surface area contributed by atoms with E-state index in [1.165, 1.54) is 12.1 Å². The predicted molar refractivity (Wildman–Crippen MR) is 109 cm³/mol. The molecule has 0 aliphatic heterocycles. The van der Waals surface area contributed by atoms with Gasteiger partial charge in [0.2, 0.25) is 0 Å². The molecule has 0 spiro atoms. The highest BCUT2D eigenvalue weighted by Crippen LogP contribution is 2.26. The van der Waals surface area contributed by atoms with Crippen molar-refractivity contribution in [1.29, 1.82) is 5.26 Å². The fourth-order valence-electron chi connectivity index (χ4n) is 2.63. The van der Waals surface area contributed by atoms with Gasteiger partial charge in [0, 0.05) is 16.1 Å². The first-order valence-corrected chi connectivity index (χ1v) is 8.87. The molecule has 0 heterocycles. The fourth-order valence-corrected chi connectivity index (χ4v) is 2.82. The molecule has 0 bridgehead atoms. The molecule has 0 amide bonds. The van der Waals surface area contributed by atoms with Crippen LogP contribution in [0, 0.1) is 11.3 Å². The molecule has 0 aliphatic carbocycles. The second-order valence-electron chi connectivity index (χ2n) is 5.97. The minimum atomic E-state index is -1.01. The van der Waals surface area contributed by atoms with Gasteiger partial charge in [-0.05, 0) is 35.9 Å². The van der Waals surface area contributed by atoms with Crippen molar-refractivity contribution < 1.29 is 14.6 Å². The van der Waals surface area contributed by atoms with Gasteiger partial charge in [0.05, 0.1) is 17.2 Å². The van der Waals surface area contributed by atoms with Crippen LogP contribution in [0.4, 0.5) is 0 Å². The summed E-state index contributed by atoms with van der Waals surface area (Å²) >= 11 is 6.18. The van der Waals surface area contributed by atoms with Crippen molar-refractivity contribution in [3.8, 4) is 11.8 Å². The van der Waals surface area contributed by atoms with E-state index in [2.05, 4.69) is 6.07 Å². The van der Waals surface area contributed by atoms with Crippen LogP contribution in [0.2, 0.25) is 5.02 Å². The molecule has 28 heavy (non-hydrogen) atoms. The Morgan fingerprint density at radius 2 is 1.64 bits per heavy atom. The maximum Gasteiger partial charge on any atom is 0.335 e. The highest BCUT2D eigenvalue weighted by molar-refractivity contribution is 6.31. The largest absolute Gasteiger partial charge is 0.488 e. The summed E-state index contributed by atoms with van der Waals surface area (Å²) in [6, 6.07) is 23.2. The second-order valence-corrected chi connectivity index (χ2v) is 6.38. The number of rotatable bonds is 6. The monoisotopic (exact) mass is 389 g/mol. The van der Waals surface area contributed by atoms with Gasteiger partial charge in [-0.3, -0.25) is 0 Å². The minimum absolute atomic E-state index is 0.171. The van der Waals surface area contributed by atoms with E-state index in [4.69, 9.17) is 21.4 Å². The zero-order valence-electron chi connectivity index (χ0n) is 14.8. The van der Waals surface area contributed by atoms with Gasteiger partial charge in [-0.2, -0.15) is 5.26 Å². The van der Waals surface area contributed by atoms with Gasteiger partial charge in [0.1, 0.15) is 12.4 Å². The van der Waals surface area contributed by atoms with E-state index in [1.54, 1.807) is 24.3 Å². The molecule has 3 aromatic carbocycles. The van der Waals surface area contributed by atoms with Crippen molar-refractivity contribution in [3.63, 3.8) is 0 Å². The standard InChI is InChI=1S/C23H16ClNO3/c24-21-7-3-1-6-19(21)15-28-22-8-4-2-5-18(22)13-20(14-25)16-9-11-17(12-10-16)23(26)27/h1-13H,15H2,(H,26,27). The number of carboxylic acids is 1. The van der Waals surface area contributed by atoms with Crippen LogP contribution in [0.5, 0.6) is 5.75 Å². The van der Waals surface area contributed by atoms with Gasteiger partial charge in [-0.15, -0.1) is 0 Å². The van der Waals surface area contributed by atoms with E-state index < -0.39 is 5.97 Å². The molecule has 0 fully saturated rings. The van der Waals surface area contributed by atoms with Gasteiger partial charge < -0.3 is 9.84 Å². The van der Waals surface area contributed by atoms with Crippen molar-refractivity contribution in [2.75, 3.05) is 0 Å². The molecular formula is C23H16ClNO3. The summed E-state index contributed by atoms with van der Waals surface area (Å²) in [6.45, 7) is 0.305. The zero-order chi connectivity index (χ0) is 19.9. The maximum absolute atomic E-state index is 11.0. The lowest BCUT2D eigenvalue weighted by atomic mass is 10.0. The average molecular weight is 390 g/mol. The lowest BCUT2D eigenvalue weighted by Crippen LogP contribution is -1.98. The highest BCUT2D eigenvalue weighted by Gasteiger charge is 2.08. The van der Waals surface area contributed by atoms with Crippen molar-refractivity contribution in [1.82, 2.24) is 0 Å². The summed E-state index contributed by atoms with van der Waals surface area (Å²) in [5, 5.41) is 19.2. The summed E-state index contributed by atoms with van der Waals surface area (Å²) < 4.78 is 5.92. The van der Waals surface area contributed by atoms with Crippen LogP contribution in [0.1, 0.15) is 27.0 Å². The molecule has 138 valence electrons. The zero-order valence-corrected chi connectivity index (χ0v) is 15.6. The number of nitriles is 1. The van der Waals surface area contributed by atoms with Crippen molar-refractivity contribution in [2.24, 2.45) is 0 Å². The lowest BCUT2D eigenvalue weighted by Gasteiger charge is -2.11. The van der Waals surface area contributed by atoms with Crippen LogP contribution < -0.4 is 4.74 Å². The Hall–Kier alpha value is -3.55. The van der Waals surface area contributed by atoms with Gasteiger partial charge >= 0.3 is 5.97 Å². The number of hydrogen-bond acceptors (Lipinski definition) is 3. The Morgan fingerprint density at radius 3 is 2.32 bits per heavy atom. The number of aromatic carboxylic acids is 1. The fraction of sp³-hybridized carbons (Fsp3) is 0.0435. The van der Waals surface area contributed by atoms with Crippen LogP contribution >= 0.6 is 11.6 Å². The highest BCUT2D eigenvalue weighted by atomic mass is 35.5. The third-order valence-corrected chi connectivity index (χ3v) is 4.49. The molecule has 3 rings (SSSR count). The third kappa shape index (κ3) is 4.59. The first-order valence-electron chi connectivity index (χ1n) is 8.49. The molecular weight excluding hydrogens is 374 g/mol. The number of hydrogen-bond donors (Lipinski definition) is 1. The summed E-state index contributed by atoms with van der Waals surface area (Å²) in [5.74, 6) is -0.385. The Morgan fingerprint density at radius 1 is 1.00 bits per heavy atom. The summed E-state index contributed by atoms with van der Waals surface area (Å²) in [7, 11) is 0. The molecule has 4 nitrogen and oxygen atoms in total. The van der Waals surface area contributed by atoms with E-state index in [0.29, 0.717) is 28.5 Å². The number of benzene rings is 3. The first kappa shape index (κ1) is 19.2. The van der Waals surface area contributed by atoms with Crippen LogP contribution in [-0.2, 0) is 6.61 Å². The van der Waals surface area contributed by atoms with E-state index in [-0.39, 0.29) is 5.56 Å². The Kier molecular flexibility index (Phi) is 6.11. The van der Waals surface area contributed by atoms with Crippen LogP contribution in [0.3, 0.4) is 0 Å². The van der Waals surface area contributed by atoms with Crippen molar-refractivity contribution in [3.05, 3.63) is 100 Å². The van der Waals surface area contributed by atoms with E-state index >= 15 is 0 Å². The van der Waals surface area contributed by atoms with Crippen molar-refractivity contribution in [2.45, 2.75) is 6.61 Å². The summed E-state index contributed by atoms with van der Waals surface area (Å²) in [4.78, 5) is 11.0. The van der Waals surface area contributed by atoms with Crippen LogP contribution in [0.25, 0.3) is 11.6 Å². The third-order valence-electron chi connectivity index (χ3n) is 4.12. The number of ether oxygens (including phenoxy) is 1. The first-order chi connectivity index (χ1) is 13.6. The van der Waals surface area contributed by atoms with Gasteiger partial charge in [-0.1, -0.05) is 60.1 Å². The van der Waals surface area contributed by atoms with Crippen LogP contribution in [-0.4, -0.2) is 11.1 Å². The maximum atomic E-state index is 11.0. The number of carboxylic acid groups (broad SMARTS) is 1. The Labute approximate surface area is 167 Å².